The van der Waals surface area contributed by atoms with Crippen LogP contribution in [0.1, 0.15) is 12.0 Å². The highest BCUT2D eigenvalue weighted by Gasteiger charge is 2.77. The molecule has 3 heterocycles. The first-order valence-corrected chi connectivity index (χ1v) is 14.8. The van der Waals surface area contributed by atoms with Crippen LogP contribution in [0.3, 0.4) is 0 Å². The van der Waals surface area contributed by atoms with Crippen LogP contribution in [0.15, 0.2) is 84.9 Å². The molecule has 3 unspecified atom stereocenters. The van der Waals surface area contributed by atoms with Gasteiger partial charge in [0.15, 0.2) is 0 Å². The molecule has 3 aromatic carbocycles. The quantitative estimate of drug-likeness (QED) is 0.320. The van der Waals surface area contributed by atoms with Crippen LogP contribution in [0.5, 0.6) is 0 Å². The topological polar surface area (TPSA) is 108 Å². The monoisotopic (exact) mass is 637 g/mol. The van der Waals surface area contributed by atoms with Crippen molar-refractivity contribution in [3.05, 3.63) is 95.5 Å². The summed E-state index contributed by atoms with van der Waals surface area (Å²) < 4.78 is 6.57. The third-order valence-electron chi connectivity index (χ3n) is 8.35. The maximum absolute atomic E-state index is 14.4. The number of halogens is 2. The van der Waals surface area contributed by atoms with Crippen molar-refractivity contribution in [2.45, 2.75) is 41.5 Å². The third kappa shape index (κ3) is 4.95. The molecule has 8 nitrogen and oxygen atoms in total. The molecule has 0 aromatic heterocycles. The minimum atomic E-state index is -1.25. The maximum atomic E-state index is 14.4. The summed E-state index contributed by atoms with van der Waals surface area (Å²) in [4.78, 5) is 43.4. The van der Waals surface area contributed by atoms with Gasteiger partial charge in [-0.1, -0.05) is 76.1 Å². The number of benzene rings is 3. The van der Waals surface area contributed by atoms with Crippen LogP contribution in [0.4, 0.5) is 11.4 Å². The number of carbonyl (C=O) groups excluding carboxylic acids is 3. The largest absolute Gasteiger partial charge is 0.394 e. The Morgan fingerprint density at radius 3 is 2.24 bits per heavy atom. The van der Waals surface area contributed by atoms with E-state index in [0.717, 1.165) is 5.56 Å². The van der Waals surface area contributed by atoms with Crippen molar-refractivity contribution in [3.63, 3.8) is 0 Å². The number of aliphatic hydroxyl groups is 1. The average molecular weight is 639 g/mol. The van der Waals surface area contributed by atoms with Crippen LogP contribution in [0, 0.1) is 11.8 Å². The van der Waals surface area contributed by atoms with Gasteiger partial charge in [0, 0.05) is 21.2 Å². The third-order valence-corrected chi connectivity index (χ3v) is 9.45. The highest BCUT2D eigenvalue weighted by atomic mass is 79.9. The summed E-state index contributed by atoms with van der Waals surface area (Å²) in [6.45, 7) is -0.365. The van der Waals surface area contributed by atoms with E-state index < -0.39 is 41.5 Å². The van der Waals surface area contributed by atoms with Crippen LogP contribution >= 0.6 is 27.5 Å². The van der Waals surface area contributed by atoms with Gasteiger partial charge in [0.2, 0.25) is 17.7 Å². The molecule has 3 aromatic rings. The van der Waals surface area contributed by atoms with Gasteiger partial charge in [-0.25, -0.2) is 0 Å². The molecule has 41 heavy (non-hydrogen) atoms. The minimum Gasteiger partial charge on any atom is -0.394 e. The minimum absolute atomic E-state index is 0.245. The molecule has 1 spiro atoms. The molecule has 3 saturated heterocycles. The van der Waals surface area contributed by atoms with Crippen LogP contribution in [-0.2, 0) is 25.5 Å². The van der Waals surface area contributed by atoms with Crippen molar-refractivity contribution in [3.8, 4) is 0 Å². The Kier molecular flexibility index (Phi) is 7.63. The molecule has 7 atom stereocenters. The first-order chi connectivity index (χ1) is 19.8. The molecule has 212 valence electrons. The number of anilines is 2. The molecule has 6 rings (SSSR count). The highest BCUT2D eigenvalue weighted by Crippen LogP contribution is 2.60. The van der Waals surface area contributed by atoms with Crippen molar-refractivity contribution in [1.82, 2.24) is 4.90 Å². The van der Waals surface area contributed by atoms with Crippen LogP contribution in [-0.4, -0.2) is 63.0 Å². The smallest absolute Gasteiger partial charge is 0.250 e. The Morgan fingerprint density at radius 2 is 1.59 bits per heavy atom. The summed E-state index contributed by atoms with van der Waals surface area (Å²) in [7, 11) is 0. The van der Waals surface area contributed by atoms with Crippen molar-refractivity contribution < 1.29 is 24.2 Å². The number of ether oxygens (including phenoxy) is 1. The van der Waals surface area contributed by atoms with Crippen molar-refractivity contribution >= 4 is 56.6 Å². The fourth-order valence-corrected chi connectivity index (χ4v) is 7.76. The van der Waals surface area contributed by atoms with Gasteiger partial charge >= 0.3 is 0 Å². The second-order valence-corrected chi connectivity index (χ2v) is 12.4. The Hall–Kier alpha value is -3.24. The van der Waals surface area contributed by atoms with Crippen molar-refractivity contribution in [2.24, 2.45) is 11.8 Å². The number of hydrogen-bond donors (Lipinski definition) is 3. The summed E-state index contributed by atoms with van der Waals surface area (Å²) in [6, 6.07) is 23.4. The van der Waals surface area contributed by atoms with Crippen LogP contribution in [0.25, 0.3) is 0 Å². The molecular formula is C31H29BrClN3O5. The summed E-state index contributed by atoms with van der Waals surface area (Å²) in [6.07, 6.45) is 0.0999. The number of rotatable bonds is 8. The second kappa shape index (κ2) is 11.2. The van der Waals surface area contributed by atoms with Crippen molar-refractivity contribution in [1.29, 1.82) is 0 Å². The number of nitrogens with one attached hydrogen (secondary N) is 2. The molecular weight excluding hydrogens is 610 g/mol. The zero-order valence-electron chi connectivity index (χ0n) is 22.0. The average Bonchev–Trinajstić information content (AvgIpc) is 3.57. The zero-order chi connectivity index (χ0) is 28.7. The second-order valence-electron chi connectivity index (χ2n) is 10.8. The van der Waals surface area contributed by atoms with Gasteiger partial charge in [0.05, 0.1) is 30.6 Å². The Balaban J connectivity index is 1.39. The number of nitrogens with zero attached hydrogens (tertiary/aromatic N) is 1. The molecule has 0 aliphatic carbocycles. The standard InChI is InChI=1S/C31H29BrClN3O5/c32-23-16-31-25(24(26(23)41-31)28(38)34-20-9-5-2-6-10-20)30(40)36(22(17-37)15-18-7-3-1-4-8-18)27(31)29(39)35-21-13-11-19(33)12-14-21/h1-14,22-27,37H,15-17H2,(H,34,38)(H,35,39)/t22-,23?,24-,25+,26-,27?,31?/m1/s1. The molecule has 3 N–H and O–H groups in total. The summed E-state index contributed by atoms with van der Waals surface area (Å²) in [5.41, 5.74) is 0.774. The van der Waals surface area contributed by atoms with E-state index in [9.17, 15) is 19.5 Å². The summed E-state index contributed by atoms with van der Waals surface area (Å²) in [5, 5.41) is 16.9. The maximum Gasteiger partial charge on any atom is 0.250 e. The van der Waals surface area contributed by atoms with E-state index in [4.69, 9.17) is 16.3 Å². The number of likely N-dealkylation sites (tertiary alicyclic amines) is 1. The lowest BCUT2D eigenvalue weighted by molar-refractivity contribution is -0.143. The molecule has 2 bridgehead atoms. The van der Waals surface area contributed by atoms with E-state index in [-0.39, 0.29) is 23.2 Å². The van der Waals surface area contributed by atoms with Crippen LogP contribution < -0.4 is 10.6 Å². The SMILES string of the molecule is O=C(Nc1ccc(Cl)cc1)C1N([C@@H](CO)Cc2ccccc2)C(=O)[C@@H]2[C@@H](C(=O)Nc3ccccc3)[C@@H]3OC12CC3Br. The van der Waals surface area contributed by atoms with Gasteiger partial charge in [-0.15, -0.1) is 0 Å². The number of amides is 3. The summed E-state index contributed by atoms with van der Waals surface area (Å²) in [5.74, 6) is -2.87. The Labute approximate surface area is 251 Å². The number of fused-ring (bicyclic) bond motifs is 1. The number of aliphatic hydroxyl groups excluding tert-OH is 1. The lowest BCUT2D eigenvalue weighted by atomic mass is 9.70. The van der Waals surface area contributed by atoms with Gasteiger partial charge in [0.1, 0.15) is 11.6 Å². The van der Waals surface area contributed by atoms with Crippen LogP contribution in [0.2, 0.25) is 5.02 Å². The number of para-hydroxylation sites is 1. The van der Waals surface area contributed by atoms with E-state index in [1.54, 1.807) is 36.4 Å². The molecule has 3 fully saturated rings. The fraction of sp³-hybridized carbons (Fsp3) is 0.323. The van der Waals surface area contributed by atoms with E-state index in [0.29, 0.717) is 29.2 Å². The number of carbonyl (C=O) groups is 3. The van der Waals surface area contributed by atoms with Crippen molar-refractivity contribution in [2.75, 3.05) is 17.2 Å². The van der Waals surface area contributed by atoms with Gasteiger partial charge in [0.25, 0.3) is 0 Å². The normalized spacial score (nSPS) is 28.8. The van der Waals surface area contributed by atoms with E-state index in [1.165, 1.54) is 4.90 Å². The van der Waals surface area contributed by atoms with E-state index >= 15 is 0 Å². The Bertz CT molecular complexity index is 1440. The number of hydrogen-bond acceptors (Lipinski definition) is 5. The lowest BCUT2D eigenvalue weighted by Gasteiger charge is -2.37. The van der Waals surface area contributed by atoms with E-state index in [1.807, 2.05) is 48.5 Å². The zero-order valence-corrected chi connectivity index (χ0v) is 24.3. The lowest BCUT2D eigenvalue weighted by Crippen LogP contribution is -2.57. The van der Waals surface area contributed by atoms with Gasteiger partial charge in [-0.05, 0) is 54.8 Å². The number of alkyl halides is 1. The van der Waals surface area contributed by atoms with Gasteiger partial charge < -0.3 is 25.4 Å². The van der Waals surface area contributed by atoms with Gasteiger partial charge in [-0.3, -0.25) is 14.4 Å². The highest BCUT2D eigenvalue weighted by molar-refractivity contribution is 9.09. The molecule has 3 aliphatic rings. The fourth-order valence-electron chi connectivity index (χ4n) is 6.69. The van der Waals surface area contributed by atoms with Gasteiger partial charge in [-0.2, -0.15) is 0 Å². The first-order valence-electron chi connectivity index (χ1n) is 13.5. The molecule has 0 saturated carbocycles. The molecule has 3 aliphatic heterocycles. The Morgan fingerprint density at radius 1 is 0.976 bits per heavy atom. The predicted octanol–water partition coefficient (Wildman–Crippen LogP) is 4.27. The predicted molar refractivity (Wildman–Crippen MR) is 159 cm³/mol. The molecule has 0 radical (unpaired) electrons. The van der Waals surface area contributed by atoms with E-state index in [2.05, 4.69) is 26.6 Å². The first kappa shape index (κ1) is 27.9. The summed E-state index contributed by atoms with van der Waals surface area (Å²) >= 11 is 9.73. The molecule has 3 amide bonds. The molecule has 10 heteroatoms.